The molecule has 1 aliphatic carbocycles. The first-order valence-corrected chi connectivity index (χ1v) is 8.07. The summed E-state index contributed by atoms with van der Waals surface area (Å²) in [6, 6.07) is 0. The molecule has 2 fully saturated rings. The third-order valence-electron chi connectivity index (χ3n) is 5.67. The van der Waals surface area contributed by atoms with E-state index in [2.05, 4.69) is 18.7 Å². The van der Waals surface area contributed by atoms with Crippen LogP contribution in [0.25, 0.3) is 0 Å². The second kappa shape index (κ2) is 6.25. The molecule has 1 saturated heterocycles. The second-order valence-electron chi connectivity index (χ2n) is 6.94. The summed E-state index contributed by atoms with van der Waals surface area (Å²) in [5, 5.41) is 0. The molecule has 0 spiro atoms. The lowest BCUT2D eigenvalue weighted by molar-refractivity contribution is -0.139. The second-order valence-corrected chi connectivity index (χ2v) is 6.94. The van der Waals surface area contributed by atoms with Crippen LogP contribution in [0.15, 0.2) is 0 Å². The number of piperidine rings is 1. The van der Waals surface area contributed by atoms with Crippen molar-refractivity contribution in [1.29, 1.82) is 0 Å². The lowest BCUT2D eigenvalue weighted by atomic mass is 9.77. The first-order chi connectivity index (χ1) is 9.08. The first kappa shape index (κ1) is 14.8. The molecule has 1 aliphatic heterocycles. The van der Waals surface area contributed by atoms with Crippen LogP contribution >= 0.6 is 0 Å². The minimum atomic E-state index is 0.286. The molecule has 1 heterocycles. The third-order valence-corrected chi connectivity index (χ3v) is 5.67. The Morgan fingerprint density at radius 2 is 1.79 bits per heavy atom. The molecule has 3 heteroatoms. The molecule has 0 aromatic heterocycles. The summed E-state index contributed by atoms with van der Waals surface area (Å²) in [6.07, 6.45) is 7.99. The topological polar surface area (TPSA) is 46.3 Å². The number of carbonyl (C=O) groups excluding carboxylic acids is 1. The molecule has 2 rings (SSSR count). The van der Waals surface area contributed by atoms with Crippen LogP contribution in [0.3, 0.4) is 0 Å². The van der Waals surface area contributed by atoms with Crippen LogP contribution in [0.2, 0.25) is 0 Å². The maximum Gasteiger partial charge on any atom is 0.225 e. The van der Waals surface area contributed by atoms with Crippen LogP contribution in [0.1, 0.15) is 58.8 Å². The van der Waals surface area contributed by atoms with Crippen LogP contribution in [0.5, 0.6) is 0 Å². The Morgan fingerprint density at radius 3 is 2.26 bits per heavy atom. The van der Waals surface area contributed by atoms with E-state index in [-0.39, 0.29) is 5.92 Å². The van der Waals surface area contributed by atoms with Crippen molar-refractivity contribution in [2.75, 3.05) is 19.6 Å². The predicted molar refractivity (Wildman–Crippen MR) is 78.7 cm³/mol. The van der Waals surface area contributed by atoms with Crippen molar-refractivity contribution in [1.82, 2.24) is 4.90 Å². The van der Waals surface area contributed by atoms with Crippen molar-refractivity contribution in [2.24, 2.45) is 23.0 Å². The van der Waals surface area contributed by atoms with Gasteiger partial charge in [-0.2, -0.15) is 0 Å². The number of hydrogen-bond acceptors (Lipinski definition) is 2. The van der Waals surface area contributed by atoms with Gasteiger partial charge in [0.15, 0.2) is 0 Å². The maximum atomic E-state index is 12.5. The number of nitrogens with zero attached hydrogens (tertiary/aromatic N) is 1. The molecule has 2 aliphatic rings. The van der Waals surface area contributed by atoms with Crippen LogP contribution in [-0.4, -0.2) is 30.4 Å². The molecule has 19 heavy (non-hydrogen) atoms. The lowest BCUT2D eigenvalue weighted by Gasteiger charge is -2.41. The van der Waals surface area contributed by atoms with Gasteiger partial charge in [-0.25, -0.2) is 0 Å². The van der Waals surface area contributed by atoms with Gasteiger partial charge in [0.1, 0.15) is 0 Å². The number of likely N-dealkylation sites (tertiary alicyclic amines) is 1. The number of amides is 1. The van der Waals surface area contributed by atoms with Crippen molar-refractivity contribution < 1.29 is 4.79 Å². The highest BCUT2D eigenvalue weighted by atomic mass is 16.2. The normalized spacial score (nSPS) is 31.2. The molecule has 0 aromatic carbocycles. The fraction of sp³-hybridized carbons (Fsp3) is 0.938. The maximum absolute atomic E-state index is 12.5. The molecule has 0 radical (unpaired) electrons. The Kier molecular flexibility index (Phi) is 4.88. The molecule has 110 valence electrons. The molecular weight excluding hydrogens is 236 g/mol. The van der Waals surface area contributed by atoms with E-state index in [4.69, 9.17) is 5.73 Å². The van der Waals surface area contributed by atoms with E-state index in [1.54, 1.807) is 0 Å². The van der Waals surface area contributed by atoms with Gasteiger partial charge in [-0.15, -0.1) is 0 Å². The Bertz CT molecular complexity index is 300. The van der Waals surface area contributed by atoms with E-state index in [9.17, 15) is 4.79 Å². The molecule has 1 saturated carbocycles. The van der Waals surface area contributed by atoms with Crippen molar-refractivity contribution in [3.8, 4) is 0 Å². The van der Waals surface area contributed by atoms with E-state index in [0.717, 1.165) is 45.3 Å². The fourth-order valence-corrected chi connectivity index (χ4v) is 3.52. The Balaban J connectivity index is 1.82. The van der Waals surface area contributed by atoms with Crippen LogP contribution in [0.4, 0.5) is 0 Å². The molecule has 0 atom stereocenters. The van der Waals surface area contributed by atoms with Gasteiger partial charge in [-0.1, -0.05) is 20.3 Å². The molecule has 3 nitrogen and oxygen atoms in total. The van der Waals surface area contributed by atoms with Gasteiger partial charge in [-0.3, -0.25) is 4.79 Å². The first-order valence-electron chi connectivity index (χ1n) is 8.07. The molecule has 0 bridgehead atoms. The van der Waals surface area contributed by atoms with Crippen LogP contribution < -0.4 is 5.73 Å². The van der Waals surface area contributed by atoms with Gasteiger partial charge in [-0.05, 0) is 56.4 Å². The standard InChI is InChI=1S/C16H30N2O/c1-3-16(2)8-10-18(11-9-16)15(19)14-6-4-13(12-17)5-7-14/h13-14H,3-12,17H2,1-2H3. The van der Waals surface area contributed by atoms with Gasteiger partial charge in [0.05, 0.1) is 0 Å². The zero-order valence-electron chi connectivity index (χ0n) is 12.7. The summed E-state index contributed by atoms with van der Waals surface area (Å²) in [5.41, 5.74) is 6.18. The lowest BCUT2D eigenvalue weighted by Crippen LogP contribution is -2.45. The zero-order valence-corrected chi connectivity index (χ0v) is 12.7. The number of nitrogens with two attached hydrogens (primary N) is 1. The SMILES string of the molecule is CCC1(C)CCN(C(=O)C2CCC(CN)CC2)CC1. The third kappa shape index (κ3) is 3.50. The van der Waals surface area contributed by atoms with E-state index in [1.165, 1.54) is 19.3 Å². The smallest absolute Gasteiger partial charge is 0.225 e. The van der Waals surface area contributed by atoms with Gasteiger partial charge >= 0.3 is 0 Å². The van der Waals surface area contributed by atoms with E-state index in [1.807, 2.05) is 0 Å². The minimum absolute atomic E-state index is 0.286. The Labute approximate surface area is 117 Å². The summed E-state index contributed by atoms with van der Waals surface area (Å²) in [4.78, 5) is 14.7. The number of hydrogen-bond donors (Lipinski definition) is 1. The fourth-order valence-electron chi connectivity index (χ4n) is 3.52. The Morgan fingerprint density at radius 1 is 1.21 bits per heavy atom. The molecule has 0 aromatic rings. The monoisotopic (exact) mass is 266 g/mol. The Hall–Kier alpha value is -0.570. The van der Waals surface area contributed by atoms with Gasteiger partial charge in [0.25, 0.3) is 0 Å². The van der Waals surface area contributed by atoms with Crippen molar-refractivity contribution >= 4 is 5.91 Å². The summed E-state index contributed by atoms with van der Waals surface area (Å²) in [5.74, 6) is 1.37. The molecule has 0 unspecified atom stereocenters. The van der Waals surface area contributed by atoms with Crippen molar-refractivity contribution in [3.05, 3.63) is 0 Å². The average Bonchev–Trinajstić information content (AvgIpc) is 2.47. The van der Waals surface area contributed by atoms with E-state index in [0.29, 0.717) is 17.2 Å². The highest BCUT2D eigenvalue weighted by Crippen LogP contribution is 2.36. The van der Waals surface area contributed by atoms with E-state index < -0.39 is 0 Å². The highest BCUT2D eigenvalue weighted by Gasteiger charge is 2.34. The van der Waals surface area contributed by atoms with Gasteiger partial charge in [0, 0.05) is 19.0 Å². The summed E-state index contributed by atoms with van der Waals surface area (Å²) in [6.45, 7) is 7.37. The zero-order chi connectivity index (χ0) is 13.9. The van der Waals surface area contributed by atoms with E-state index >= 15 is 0 Å². The molecule has 1 amide bonds. The van der Waals surface area contributed by atoms with Crippen LogP contribution in [0, 0.1) is 17.3 Å². The molecular formula is C16H30N2O. The summed E-state index contributed by atoms with van der Waals surface area (Å²) < 4.78 is 0. The highest BCUT2D eigenvalue weighted by molar-refractivity contribution is 5.79. The largest absolute Gasteiger partial charge is 0.342 e. The average molecular weight is 266 g/mol. The van der Waals surface area contributed by atoms with Crippen molar-refractivity contribution in [2.45, 2.75) is 58.8 Å². The van der Waals surface area contributed by atoms with Gasteiger partial charge < -0.3 is 10.6 Å². The van der Waals surface area contributed by atoms with Crippen molar-refractivity contribution in [3.63, 3.8) is 0 Å². The predicted octanol–water partition coefficient (Wildman–Crippen LogP) is 2.79. The molecule has 2 N–H and O–H groups in total. The van der Waals surface area contributed by atoms with Crippen LogP contribution in [-0.2, 0) is 4.79 Å². The number of rotatable bonds is 3. The summed E-state index contributed by atoms with van der Waals surface area (Å²) >= 11 is 0. The minimum Gasteiger partial charge on any atom is -0.342 e. The summed E-state index contributed by atoms with van der Waals surface area (Å²) in [7, 11) is 0. The quantitative estimate of drug-likeness (QED) is 0.854. The number of carbonyl (C=O) groups is 1. The van der Waals surface area contributed by atoms with Gasteiger partial charge in [0.2, 0.25) is 5.91 Å².